The third-order valence-corrected chi connectivity index (χ3v) is 3.66. The van der Waals surface area contributed by atoms with E-state index in [-0.39, 0.29) is 17.9 Å². The first-order valence-corrected chi connectivity index (χ1v) is 6.68. The maximum Gasteiger partial charge on any atom is 0.223 e. The zero-order valence-electron chi connectivity index (χ0n) is 11.1. The van der Waals surface area contributed by atoms with E-state index in [0.717, 1.165) is 18.4 Å². The summed E-state index contributed by atoms with van der Waals surface area (Å²) >= 11 is 0. The molecule has 0 radical (unpaired) electrons. The van der Waals surface area contributed by atoms with E-state index in [0.29, 0.717) is 12.5 Å². The number of nitrogens with one attached hydrogen (secondary N) is 1. The van der Waals surface area contributed by atoms with Gasteiger partial charge in [-0.3, -0.25) is 4.79 Å². The minimum Gasteiger partial charge on any atom is -0.352 e. The Hall–Kier alpha value is -1.35. The number of amides is 1. The summed E-state index contributed by atoms with van der Waals surface area (Å²) in [6.07, 6.45) is 1.66. The van der Waals surface area contributed by atoms with Crippen molar-refractivity contribution in [1.82, 2.24) is 5.32 Å². The maximum atomic E-state index is 11.8. The summed E-state index contributed by atoms with van der Waals surface area (Å²) in [5, 5.41) is 2.98. The Balaban J connectivity index is 1.81. The zero-order chi connectivity index (χ0) is 13.1. The molecule has 1 aromatic rings. The summed E-state index contributed by atoms with van der Waals surface area (Å²) in [5.41, 5.74) is 8.16. The summed E-state index contributed by atoms with van der Waals surface area (Å²) < 4.78 is 0. The molecule has 1 saturated carbocycles. The third-order valence-electron chi connectivity index (χ3n) is 3.66. The molecule has 3 N–H and O–H groups in total. The summed E-state index contributed by atoms with van der Waals surface area (Å²) in [4.78, 5) is 11.8. The fourth-order valence-corrected chi connectivity index (χ4v) is 2.23. The van der Waals surface area contributed by atoms with Crippen molar-refractivity contribution in [2.24, 2.45) is 11.7 Å². The Morgan fingerprint density at radius 2 is 1.94 bits per heavy atom. The number of rotatable bonds is 4. The van der Waals surface area contributed by atoms with Crippen LogP contribution in [0.2, 0.25) is 0 Å². The Bertz CT molecular complexity index is 405. The average molecular weight is 246 g/mol. The van der Waals surface area contributed by atoms with Crippen molar-refractivity contribution in [3.05, 3.63) is 35.4 Å². The summed E-state index contributed by atoms with van der Waals surface area (Å²) in [5.74, 6) is 0.824. The molecule has 0 saturated heterocycles. The standard InChI is InChI=1S/C15H22N2O/c1-10(2)12-5-3-11(4-6-12)9-17-15(18)13-7-14(16)8-13/h3-6,10,13-14H,7-9,16H2,1-2H3,(H,17,18). The molecule has 0 unspecified atom stereocenters. The van der Waals surface area contributed by atoms with Gasteiger partial charge in [0.2, 0.25) is 5.91 Å². The van der Waals surface area contributed by atoms with Crippen LogP contribution in [0.25, 0.3) is 0 Å². The van der Waals surface area contributed by atoms with E-state index in [1.54, 1.807) is 0 Å². The molecule has 2 rings (SSSR count). The molecule has 0 aliphatic heterocycles. The van der Waals surface area contributed by atoms with Crippen molar-refractivity contribution in [2.75, 3.05) is 0 Å². The molecule has 0 atom stereocenters. The monoisotopic (exact) mass is 246 g/mol. The number of carbonyl (C=O) groups excluding carboxylic acids is 1. The highest BCUT2D eigenvalue weighted by atomic mass is 16.1. The van der Waals surface area contributed by atoms with Crippen LogP contribution in [-0.2, 0) is 11.3 Å². The van der Waals surface area contributed by atoms with Gasteiger partial charge in [-0.2, -0.15) is 0 Å². The van der Waals surface area contributed by atoms with E-state index in [9.17, 15) is 4.79 Å². The maximum absolute atomic E-state index is 11.8. The van der Waals surface area contributed by atoms with Gasteiger partial charge in [-0.25, -0.2) is 0 Å². The van der Waals surface area contributed by atoms with Gasteiger partial charge in [0.15, 0.2) is 0 Å². The SMILES string of the molecule is CC(C)c1ccc(CNC(=O)C2CC(N)C2)cc1. The second kappa shape index (κ2) is 5.53. The second-order valence-corrected chi connectivity index (χ2v) is 5.54. The number of benzene rings is 1. The van der Waals surface area contributed by atoms with Gasteiger partial charge in [0.05, 0.1) is 0 Å². The first-order valence-electron chi connectivity index (χ1n) is 6.68. The Kier molecular flexibility index (Phi) is 4.02. The lowest BCUT2D eigenvalue weighted by Gasteiger charge is -2.31. The molecule has 0 heterocycles. The summed E-state index contributed by atoms with van der Waals surface area (Å²) in [7, 11) is 0. The van der Waals surface area contributed by atoms with E-state index in [1.165, 1.54) is 5.56 Å². The third kappa shape index (κ3) is 3.10. The predicted molar refractivity (Wildman–Crippen MR) is 73.1 cm³/mol. The molecule has 0 bridgehead atoms. The fourth-order valence-electron chi connectivity index (χ4n) is 2.23. The molecular formula is C15H22N2O. The predicted octanol–water partition coefficient (Wildman–Crippen LogP) is 2.16. The highest BCUT2D eigenvalue weighted by Crippen LogP contribution is 2.25. The van der Waals surface area contributed by atoms with Crippen molar-refractivity contribution in [2.45, 2.75) is 45.2 Å². The molecule has 3 heteroatoms. The van der Waals surface area contributed by atoms with Gasteiger partial charge in [0.25, 0.3) is 0 Å². The van der Waals surface area contributed by atoms with Crippen LogP contribution in [0.3, 0.4) is 0 Å². The lowest BCUT2D eigenvalue weighted by Crippen LogP contribution is -2.44. The molecule has 1 fully saturated rings. The molecule has 1 aliphatic carbocycles. The lowest BCUT2D eigenvalue weighted by atomic mass is 9.80. The van der Waals surface area contributed by atoms with E-state index in [1.807, 2.05) is 0 Å². The highest BCUT2D eigenvalue weighted by molar-refractivity contribution is 5.79. The molecular weight excluding hydrogens is 224 g/mol. The van der Waals surface area contributed by atoms with Gasteiger partial charge in [0, 0.05) is 18.5 Å². The average Bonchev–Trinajstić information content (AvgIpc) is 2.32. The van der Waals surface area contributed by atoms with Crippen molar-refractivity contribution in [3.8, 4) is 0 Å². The van der Waals surface area contributed by atoms with E-state index in [2.05, 4.69) is 43.4 Å². The molecule has 98 valence electrons. The number of hydrogen-bond donors (Lipinski definition) is 2. The molecule has 3 nitrogen and oxygen atoms in total. The van der Waals surface area contributed by atoms with E-state index in [4.69, 9.17) is 5.73 Å². The largest absolute Gasteiger partial charge is 0.352 e. The van der Waals surface area contributed by atoms with Crippen LogP contribution in [0.15, 0.2) is 24.3 Å². The minimum atomic E-state index is 0.134. The smallest absolute Gasteiger partial charge is 0.223 e. The number of nitrogens with two attached hydrogens (primary N) is 1. The van der Waals surface area contributed by atoms with Crippen molar-refractivity contribution < 1.29 is 4.79 Å². The van der Waals surface area contributed by atoms with Crippen LogP contribution < -0.4 is 11.1 Å². The number of carbonyl (C=O) groups is 1. The van der Waals surface area contributed by atoms with Gasteiger partial charge < -0.3 is 11.1 Å². The van der Waals surface area contributed by atoms with Crippen LogP contribution in [0.4, 0.5) is 0 Å². The first kappa shape index (κ1) is 13.1. The molecule has 1 aliphatic rings. The van der Waals surface area contributed by atoms with Crippen LogP contribution in [0.1, 0.15) is 43.7 Å². The van der Waals surface area contributed by atoms with Crippen LogP contribution in [-0.4, -0.2) is 11.9 Å². The normalized spacial score (nSPS) is 22.7. The minimum absolute atomic E-state index is 0.134. The van der Waals surface area contributed by atoms with Crippen molar-refractivity contribution >= 4 is 5.91 Å². The molecule has 1 amide bonds. The van der Waals surface area contributed by atoms with Gasteiger partial charge >= 0.3 is 0 Å². The van der Waals surface area contributed by atoms with Crippen molar-refractivity contribution in [3.63, 3.8) is 0 Å². The van der Waals surface area contributed by atoms with E-state index < -0.39 is 0 Å². The highest BCUT2D eigenvalue weighted by Gasteiger charge is 2.31. The molecule has 0 spiro atoms. The fraction of sp³-hybridized carbons (Fsp3) is 0.533. The molecule has 18 heavy (non-hydrogen) atoms. The van der Waals surface area contributed by atoms with Crippen LogP contribution >= 0.6 is 0 Å². The van der Waals surface area contributed by atoms with Crippen molar-refractivity contribution in [1.29, 1.82) is 0 Å². The quantitative estimate of drug-likeness (QED) is 0.855. The van der Waals surface area contributed by atoms with E-state index >= 15 is 0 Å². The van der Waals surface area contributed by atoms with Gasteiger partial charge in [-0.1, -0.05) is 38.1 Å². The summed E-state index contributed by atoms with van der Waals surface area (Å²) in [6.45, 7) is 4.97. The van der Waals surface area contributed by atoms with Crippen LogP contribution in [0, 0.1) is 5.92 Å². The Morgan fingerprint density at radius 3 is 2.44 bits per heavy atom. The second-order valence-electron chi connectivity index (χ2n) is 5.54. The first-order chi connectivity index (χ1) is 8.56. The van der Waals surface area contributed by atoms with Crippen LogP contribution in [0.5, 0.6) is 0 Å². The topological polar surface area (TPSA) is 55.1 Å². The lowest BCUT2D eigenvalue weighted by molar-refractivity contribution is -0.128. The molecule has 0 aromatic heterocycles. The van der Waals surface area contributed by atoms with Gasteiger partial charge in [-0.15, -0.1) is 0 Å². The molecule has 1 aromatic carbocycles. The Labute approximate surface area is 109 Å². The zero-order valence-corrected chi connectivity index (χ0v) is 11.1. The number of hydrogen-bond acceptors (Lipinski definition) is 2. The van der Waals surface area contributed by atoms with Gasteiger partial charge in [-0.05, 0) is 29.9 Å². The summed E-state index contributed by atoms with van der Waals surface area (Å²) in [6, 6.07) is 8.66. The Morgan fingerprint density at radius 1 is 1.33 bits per heavy atom. The van der Waals surface area contributed by atoms with Gasteiger partial charge in [0.1, 0.15) is 0 Å².